The lowest BCUT2D eigenvalue weighted by molar-refractivity contribution is 0.0776. The van der Waals surface area contributed by atoms with Crippen LogP contribution in [0.3, 0.4) is 0 Å². The van der Waals surface area contributed by atoms with Crippen LogP contribution in [-0.2, 0) is 0 Å². The van der Waals surface area contributed by atoms with E-state index in [2.05, 4.69) is 39.5 Å². The highest BCUT2D eigenvalue weighted by molar-refractivity contribution is 4.86. The van der Waals surface area contributed by atoms with E-state index in [0.29, 0.717) is 0 Å². The molecule has 0 aliphatic heterocycles. The molecular weight excluding hydrogens is 244 g/mol. The molecule has 2 nitrogen and oxygen atoms in total. The zero-order valence-corrected chi connectivity index (χ0v) is 14.6. The van der Waals surface area contributed by atoms with Crippen LogP contribution in [0.5, 0.6) is 0 Å². The van der Waals surface area contributed by atoms with Crippen molar-refractivity contribution in [3.63, 3.8) is 0 Å². The second-order valence-electron chi connectivity index (χ2n) is 7.88. The molecule has 0 saturated heterocycles. The molecule has 3 unspecified atom stereocenters. The molecule has 1 aliphatic rings. The lowest BCUT2D eigenvalue weighted by Gasteiger charge is -2.42. The highest BCUT2D eigenvalue weighted by Gasteiger charge is 2.31. The normalized spacial score (nSPS) is 27.8. The highest BCUT2D eigenvalue weighted by atomic mass is 15.2. The van der Waals surface area contributed by atoms with Gasteiger partial charge in [-0.2, -0.15) is 0 Å². The Bertz CT molecular complexity index is 238. The largest absolute Gasteiger partial charge is 0.330 e. The number of nitrogens with zero attached hydrogens (tertiary/aromatic N) is 1. The minimum atomic E-state index is 0.727. The molecule has 1 rings (SSSR count). The van der Waals surface area contributed by atoms with Crippen LogP contribution in [-0.4, -0.2) is 30.6 Å². The first kappa shape index (κ1) is 18.0. The molecule has 2 N–H and O–H groups in total. The second-order valence-corrected chi connectivity index (χ2v) is 7.88. The summed E-state index contributed by atoms with van der Waals surface area (Å²) >= 11 is 0. The van der Waals surface area contributed by atoms with Gasteiger partial charge in [-0.15, -0.1) is 0 Å². The fourth-order valence-corrected chi connectivity index (χ4v) is 3.43. The van der Waals surface area contributed by atoms with Gasteiger partial charge in [-0.05, 0) is 69.0 Å². The van der Waals surface area contributed by atoms with Crippen LogP contribution in [0.25, 0.3) is 0 Å². The fourth-order valence-electron chi connectivity index (χ4n) is 3.43. The van der Waals surface area contributed by atoms with Gasteiger partial charge in [-0.3, -0.25) is 0 Å². The average molecular weight is 283 g/mol. The minimum Gasteiger partial charge on any atom is -0.330 e. The van der Waals surface area contributed by atoms with Crippen LogP contribution in [0.4, 0.5) is 0 Å². The van der Waals surface area contributed by atoms with Gasteiger partial charge >= 0.3 is 0 Å². The Hall–Kier alpha value is -0.0800. The second kappa shape index (κ2) is 9.04. The van der Waals surface area contributed by atoms with Crippen molar-refractivity contribution in [1.82, 2.24) is 4.90 Å². The lowest BCUT2D eigenvalue weighted by Crippen LogP contribution is -2.47. The Kier molecular flexibility index (Phi) is 8.13. The highest BCUT2D eigenvalue weighted by Crippen LogP contribution is 2.32. The van der Waals surface area contributed by atoms with Crippen molar-refractivity contribution in [2.75, 3.05) is 19.6 Å². The Morgan fingerprint density at radius 3 is 2.00 bits per heavy atom. The molecule has 1 aliphatic carbocycles. The third kappa shape index (κ3) is 6.13. The number of hydrogen-bond donors (Lipinski definition) is 1. The van der Waals surface area contributed by atoms with Crippen LogP contribution in [0.1, 0.15) is 66.7 Å². The standard InChI is InChI=1S/C18H38N2/c1-14(2)8-10-20(11-9-15(3)4)18-12-16(5)6-7-17(18)13-19/h14-18H,6-13,19H2,1-5H3. The van der Waals surface area contributed by atoms with Crippen molar-refractivity contribution in [2.24, 2.45) is 29.4 Å². The van der Waals surface area contributed by atoms with Crippen LogP contribution >= 0.6 is 0 Å². The molecular formula is C18H38N2. The first-order valence-corrected chi connectivity index (χ1v) is 8.88. The zero-order valence-electron chi connectivity index (χ0n) is 14.6. The molecule has 0 heterocycles. The Morgan fingerprint density at radius 2 is 1.55 bits per heavy atom. The van der Waals surface area contributed by atoms with Crippen molar-refractivity contribution >= 4 is 0 Å². The Labute approximate surface area is 127 Å². The van der Waals surface area contributed by atoms with Crippen molar-refractivity contribution < 1.29 is 0 Å². The molecule has 120 valence electrons. The first-order valence-electron chi connectivity index (χ1n) is 8.88. The molecule has 0 bridgehead atoms. The summed E-state index contributed by atoms with van der Waals surface area (Å²) in [4.78, 5) is 2.78. The van der Waals surface area contributed by atoms with Gasteiger partial charge in [-0.1, -0.05) is 41.0 Å². The van der Waals surface area contributed by atoms with E-state index < -0.39 is 0 Å². The monoisotopic (exact) mass is 282 g/mol. The Morgan fingerprint density at radius 1 is 1.00 bits per heavy atom. The van der Waals surface area contributed by atoms with Crippen molar-refractivity contribution in [1.29, 1.82) is 0 Å². The molecule has 0 aromatic heterocycles. The molecule has 1 fully saturated rings. The molecule has 0 spiro atoms. The maximum Gasteiger partial charge on any atom is 0.0138 e. The van der Waals surface area contributed by atoms with Gasteiger partial charge in [0.15, 0.2) is 0 Å². The molecule has 3 atom stereocenters. The van der Waals surface area contributed by atoms with Gasteiger partial charge in [0.2, 0.25) is 0 Å². The van der Waals surface area contributed by atoms with Gasteiger partial charge in [0, 0.05) is 6.04 Å². The van der Waals surface area contributed by atoms with Gasteiger partial charge < -0.3 is 10.6 Å². The number of nitrogens with two attached hydrogens (primary N) is 1. The van der Waals surface area contributed by atoms with Crippen molar-refractivity contribution in [3.8, 4) is 0 Å². The maximum absolute atomic E-state index is 6.06. The van der Waals surface area contributed by atoms with E-state index in [1.165, 1.54) is 45.2 Å². The van der Waals surface area contributed by atoms with Crippen LogP contribution in [0, 0.1) is 23.7 Å². The van der Waals surface area contributed by atoms with E-state index in [4.69, 9.17) is 5.73 Å². The van der Waals surface area contributed by atoms with Gasteiger partial charge in [0.1, 0.15) is 0 Å². The zero-order chi connectivity index (χ0) is 15.1. The van der Waals surface area contributed by atoms with Gasteiger partial charge in [0.25, 0.3) is 0 Å². The van der Waals surface area contributed by atoms with E-state index >= 15 is 0 Å². The van der Waals surface area contributed by atoms with Crippen LogP contribution in [0.15, 0.2) is 0 Å². The SMILES string of the molecule is CC(C)CCN(CCC(C)C)C1CC(C)CCC1CN. The summed E-state index contributed by atoms with van der Waals surface area (Å²) < 4.78 is 0. The van der Waals surface area contributed by atoms with Crippen LogP contribution < -0.4 is 5.73 Å². The topological polar surface area (TPSA) is 29.3 Å². The first-order chi connectivity index (χ1) is 9.43. The maximum atomic E-state index is 6.06. The van der Waals surface area contributed by atoms with Crippen LogP contribution in [0.2, 0.25) is 0 Å². The van der Waals surface area contributed by atoms with Gasteiger partial charge in [-0.25, -0.2) is 0 Å². The van der Waals surface area contributed by atoms with Crippen molar-refractivity contribution in [2.45, 2.75) is 72.8 Å². The van der Waals surface area contributed by atoms with E-state index in [1.54, 1.807) is 0 Å². The summed E-state index contributed by atoms with van der Waals surface area (Å²) in [5, 5.41) is 0. The summed E-state index contributed by atoms with van der Waals surface area (Å²) in [6.45, 7) is 15.2. The molecule has 1 saturated carbocycles. The molecule has 0 amide bonds. The molecule has 0 aromatic carbocycles. The van der Waals surface area contributed by atoms with E-state index in [-0.39, 0.29) is 0 Å². The summed E-state index contributed by atoms with van der Waals surface area (Å²) in [7, 11) is 0. The summed E-state index contributed by atoms with van der Waals surface area (Å²) in [5.41, 5.74) is 6.06. The molecule has 0 aromatic rings. The molecule has 20 heavy (non-hydrogen) atoms. The predicted octanol–water partition coefficient (Wildman–Crippen LogP) is 4.14. The van der Waals surface area contributed by atoms with E-state index in [9.17, 15) is 0 Å². The average Bonchev–Trinajstić information content (AvgIpc) is 2.38. The quantitative estimate of drug-likeness (QED) is 0.725. The lowest BCUT2D eigenvalue weighted by atomic mass is 9.78. The fraction of sp³-hybridized carbons (Fsp3) is 1.00. The third-order valence-electron chi connectivity index (χ3n) is 4.98. The summed E-state index contributed by atoms with van der Waals surface area (Å²) in [6.07, 6.45) is 6.71. The molecule has 2 heteroatoms. The molecule has 0 radical (unpaired) electrons. The minimum absolute atomic E-state index is 0.727. The Balaban J connectivity index is 2.65. The number of rotatable bonds is 8. The van der Waals surface area contributed by atoms with Crippen molar-refractivity contribution in [3.05, 3.63) is 0 Å². The third-order valence-corrected chi connectivity index (χ3v) is 4.98. The van der Waals surface area contributed by atoms with E-state index in [0.717, 1.165) is 36.3 Å². The predicted molar refractivity (Wildman–Crippen MR) is 89.8 cm³/mol. The summed E-state index contributed by atoms with van der Waals surface area (Å²) in [6, 6.07) is 0.737. The van der Waals surface area contributed by atoms with E-state index in [1.807, 2.05) is 0 Å². The smallest absolute Gasteiger partial charge is 0.0138 e. The number of hydrogen-bond acceptors (Lipinski definition) is 2. The summed E-state index contributed by atoms with van der Waals surface area (Å²) in [5.74, 6) is 3.21. The van der Waals surface area contributed by atoms with Gasteiger partial charge in [0.05, 0.1) is 0 Å².